The summed E-state index contributed by atoms with van der Waals surface area (Å²) in [4.78, 5) is 14.9. The van der Waals surface area contributed by atoms with Crippen molar-refractivity contribution in [1.29, 1.82) is 0 Å². The Morgan fingerprint density at radius 1 is 1.41 bits per heavy atom. The van der Waals surface area contributed by atoms with Crippen molar-refractivity contribution in [2.45, 2.75) is 32.0 Å². The number of rotatable bonds is 6. The summed E-state index contributed by atoms with van der Waals surface area (Å²) in [5.41, 5.74) is -2.00. The Kier molecular flexibility index (Phi) is 6.34. The zero-order chi connectivity index (χ0) is 16.9. The molecule has 1 aromatic heterocycles. The van der Waals surface area contributed by atoms with Gasteiger partial charge in [-0.15, -0.1) is 24.8 Å². The lowest BCUT2D eigenvalue weighted by Crippen LogP contribution is -2.21. The van der Waals surface area contributed by atoms with Crippen molar-refractivity contribution in [3.05, 3.63) is 23.0 Å². The summed E-state index contributed by atoms with van der Waals surface area (Å²) in [5, 5.41) is 0. The van der Waals surface area contributed by atoms with Crippen LogP contribution in [-0.2, 0) is 21.8 Å². The van der Waals surface area contributed by atoms with Crippen LogP contribution in [0.2, 0.25) is 0 Å². The third kappa shape index (κ3) is 4.97. The van der Waals surface area contributed by atoms with Gasteiger partial charge in [0.05, 0.1) is 30.2 Å². The standard InChI is InChI=1S/C12H11ClF5NO3/c1-2-21-8(20)3-6-5-19-7(4-13)9(11(14)15)10(6)22-12(16,17)18/h5,11H,2-4H2,1H3. The van der Waals surface area contributed by atoms with Crippen molar-refractivity contribution in [2.24, 2.45) is 0 Å². The van der Waals surface area contributed by atoms with E-state index in [2.05, 4.69) is 14.5 Å². The molecule has 0 bridgehead atoms. The average Bonchev–Trinajstić information content (AvgIpc) is 2.38. The number of alkyl halides is 6. The van der Waals surface area contributed by atoms with E-state index in [0.29, 0.717) is 0 Å². The maximum Gasteiger partial charge on any atom is 0.573 e. The van der Waals surface area contributed by atoms with Crippen LogP contribution in [0.3, 0.4) is 0 Å². The van der Waals surface area contributed by atoms with Gasteiger partial charge < -0.3 is 9.47 Å². The summed E-state index contributed by atoms with van der Waals surface area (Å²) >= 11 is 5.40. The summed E-state index contributed by atoms with van der Waals surface area (Å²) in [6.45, 7) is 1.48. The Labute approximate surface area is 127 Å². The van der Waals surface area contributed by atoms with Crippen molar-refractivity contribution in [2.75, 3.05) is 6.61 Å². The molecule has 0 aromatic carbocycles. The number of halogens is 6. The third-order valence-electron chi connectivity index (χ3n) is 2.43. The van der Waals surface area contributed by atoms with E-state index in [4.69, 9.17) is 11.6 Å². The van der Waals surface area contributed by atoms with Gasteiger partial charge in [0.15, 0.2) is 0 Å². The number of hydrogen-bond acceptors (Lipinski definition) is 4. The highest BCUT2D eigenvalue weighted by Crippen LogP contribution is 2.38. The predicted molar refractivity (Wildman–Crippen MR) is 65.8 cm³/mol. The van der Waals surface area contributed by atoms with Crippen LogP contribution in [0, 0.1) is 0 Å². The number of carbonyl (C=O) groups excluding carboxylic acids is 1. The summed E-state index contributed by atoms with van der Waals surface area (Å²) < 4.78 is 71.7. The molecule has 0 unspecified atom stereocenters. The molecule has 0 aliphatic heterocycles. The van der Waals surface area contributed by atoms with Gasteiger partial charge in [0, 0.05) is 11.8 Å². The number of hydrogen-bond donors (Lipinski definition) is 0. The van der Waals surface area contributed by atoms with Gasteiger partial charge in [-0.2, -0.15) is 0 Å². The summed E-state index contributed by atoms with van der Waals surface area (Å²) in [6, 6.07) is 0. The second-order valence-corrected chi connectivity index (χ2v) is 4.20. The van der Waals surface area contributed by atoms with Crippen molar-refractivity contribution < 1.29 is 36.2 Å². The molecule has 1 aromatic rings. The molecule has 0 N–H and O–H groups in total. The van der Waals surface area contributed by atoms with Gasteiger partial charge in [0.1, 0.15) is 5.75 Å². The highest BCUT2D eigenvalue weighted by molar-refractivity contribution is 6.17. The van der Waals surface area contributed by atoms with Crippen LogP contribution in [0.5, 0.6) is 5.75 Å². The molecule has 0 aliphatic carbocycles. The second kappa shape index (κ2) is 7.57. The Balaban J connectivity index is 3.36. The van der Waals surface area contributed by atoms with E-state index in [-0.39, 0.29) is 6.61 Å². The van der Waals surface area contributed by atoms with Gasteiger partial charge >= 0.3 is 12.3 Å². The lowest BCUT2D eigenvalue weighted by molar-refractivity contribution is -0.275. The normalized spacial score (nSPS) is 11.6. The molecular formula is C12H11ClF5NO3. The van der Waals surface area contributed by atoms with Gasteiger partial charge in [-0.3, -0.25) is 9.78 Å². The van der Waals surface area contributed by atoms with Crippen molar-refractivity contribution in [1.82, 2.24) is 4.98 Å². The van der Waals surface area contributed by atoms with Gasteiger partial charge in [-0.05, 0) is 6.92 Å². The molecule has 0 amide bonds. The van der Waals surface area contributed by atoms with E-state index in [9.17, 15) is 26.7 Å². The smallest absolute Gasteiger partial charge is 0.466 e. The van der Waals surface area contributed by atoms with E-state index in [0.717, 1.165) is 6.20 Å². The summed E-state index contributed by atoms with van der Waals surface area (Å²) in [5.74, 6) is -2.59. The molecular weight excluding hydrogens is 337 g/mol. The van der Waals surface area contributed by atoms with Crippen LogP contribution in [0.1, 0.15) is 30.2 Å². The first-order valence-corrected chi connectivity index (χ1v) is 6.49. The van der Waals surface area contributed by atoms with E-state index in [1.807, 2.05) is 0 Å². The van der Waals surface area contributed by atoms with E-state index in [1.165, 1.54) is 6.92 Å². The van der Waals surface area contributed by atoms with Crippen molar-refractivity contribution >= 4 is 17.6 Å². The zero-order valence-corrected chi connectivity index (χ0v) is 12.0. The Hall–Kier alpha value is -1.64. The number of nitrogens with zero attached hydrogens (tertiary/aromatic N) is 1. The molecule has 4 nitrogen and oxygen atoms in total. The monoisotopic (exact) mass is 347 g/mol. The Bertz CT molecular complexity index is 536. The molecule has 1 rings (SSSR count). The molecule has 10 heteroatoms. The molecule has 22 heavy (non-hydrogen) atoms. The van der Waals surface area contributed by atoms with Crippen LogP contribution in [0.25, 0.3) is 0 Å². The summed E-state index contributed by atoms with van der Waals surface area (Å²) in [6.07, 6.45) is -8.37. The van der Waals surface area contributed by atoms with E-state index >= 15 is 0 Å². The zero-order valence-electron chi connectivity index (χ0n) is 11.2. The maximum absolute atomic E-state index is 13.1. The van der Waals surface area contributed by atoms with Gasteiger partial charge in [-0.25, -0.2) is 8.78 Å². The van der Waals surface area contributed by atoms with E-state index < -0.39 is 53.6 Å². The topological polar surface area (TPSA) is 48.4 Å². The van der Waals surface area contributed by atoms with Gasteiger partial charge in [0.25, 0.3) is 6.43 Å². The lowest BCUT2D eigenvalue weighted by Gasteiger charge is -2.18. The second-order valence-electron chi connectivity index (χ2n) is 3.94. The van der Waals surface area contributed by atoms with Crippen LogP contribution in [0.15, 0.2) is 6.20 Å². The molecule has 0 saturated heterocycles. The number of esters is 1. The average molecular weight is 348 g/mol. The van der Waals surface area contributed by atoms with Crippen molar-refractivity contribution in [3.63, 3.8) is 0 Å². The van der Waals surface area contributed by atoms with Gasteiger partial charge in [0.2, 0.25) is 0 Å². The molecule has 0 fully saturated rings. The molecule has 0 aliphatic rings. The molecule has 0 saturated carbocycles. The fourth-order valence-electron chi connectivity index (χ4n) is 1.65. The minimum absolute atomic E-state index is 0.0107. The quantitative estimate of drug-likeness (QED) is 0.446. The lowest BCUT2D eigenvalue weighted by atomic mass is 10.1. The minimum Gasteiger partial charge on any atom is -0.466 e. The van der Waals surface area contributed by atoms with E-state index in [1.54, 1.807) is 0 Å². The van der Waals surface area contributed by atoms with Gasteiger partial charge in [-0.1, -0.05) is 0 Å². The molecule has 0 atom stereocenters. The van der Waals surface area contributed by atoms with Crippen LogP contribution >= 0.6 is 11.6 Å². The Morgan fingerprint density at radius 2 is 2.05 bits per heavy atom. The summed E-state index contributed by atoms with van der Waals surface area (Å²) in [7, 11) is 0. The fourth-order valence-corrected chi connectivity index (χ4v) is 1.86. The first-order chi connectivity index (χ1) is 10.2. The maximum atomic E-state index is 13.1. The molecule has 124 valence electrons. The number of ether oxygens (including phenoxy) is 2. The van der Waals surface area contributed by atoms with Crippen LogP contribution in [0.4, 0.5) is 22.0 Å². The first kappa shape index (κ1) is 18.4. The highest BCUT2D eigenvalue weighted by Gasteiger charge is 2.36. The Morgan fingerprint density at radius 3 is 2.50 bits per heavy atom. The predicted octanol–water partition coefficient (Wildman–Crippen LogP) is 3.76. The van der Waals surface area contributed by atoms with Crippen LogP contribution < -0.4 is 4.74 Å². The fraction of sp³-hybridized carbons (Fsp3) is 0.500. The SMILES string of the molecule is CCOC(=O)Cc1cnc(CCl)c(C(F)F)c1OC(F)(F)F. The number of pyridine rings is 1. The van der Waals surface area contributed by atoms with Crippen LogP contribution in [-0.4, -0.2) is 23.9 Å². The largest absolute Gasteiger partial charge is 0.573 e. The first-order valence-electron chi connectivity index (χ1n) is 5.95. The minimum atomic E-state index is -5.21. The molecule has 0 spiro atoms. The molecule has 0 radical (unpaired) electrons. The molecule has 1 heterocycles. The third-order valence-corrected chi connectivity index (χ3v) is 2.68. The highest BCUT2D eigenvalue weighted by atomic mass is 35.5. The number of carbonyl (C=O) groups is 1. The van der Waals surface area contributed by atoms with Crippen molar-refractivity contribution in [3.8, 4) is 5.75 Å². The number of aromatic nitrogens is 1.